The predicted octanol–water partition coefficient (Wildman–Crippen LogP) is 8.91. The maximum atomic E-state index is 12.2. The lowest BCUT2D eigenvalue weighted by atomic mass is 9.47. The van der Waals surface area contributed by atoms with Crippen LogP contribution in [0.3, 0.4) is 0 Å². The Bertz CT molecular complexity index is 765. The van der Waals surface area contributed by atoms with Crippen LogP contribution in [0.15, 0.2) is 11.6 Å². The molecule has 0 heterocycles. The molecule has 3 fully saturated rings. The second-order valence-corrected chi connectivity index (χ2v) is 14.3. The summed E-state index contributed by atoms with van der Waals surface area (Å²) < 4.78 is 5.83. The van der Waals surface area contributed by atoms with Gasteiger partial charge in [-0.05, 0) is 97.7 Å². The molecule has 4 aliphatic carbocycles. The summed E-state index contributed by atoms with van der Waals surface area (Å²) in [6, 6.07) is 0. The zero-order chi connectivity index (χ0) is 25.2. The highest BCUT2D eigenvalue weighted by Gasteiger charge is 2.59. The zero-order valence-corrected chi connectivity index (χ0v) is 24.8. The smallest absolute Gasteiger partial charge is 0.407 e. The van der Waals surface area contributed by atoms with Crippen molar-refractivity contribution in [2.24, 2.45) is 46.3 Å². The Kier molecular flexibility index (Phi) is 9.03. The third kappa shape index (κ3) is 5.68. The van der Waals surface area contributed by atoms with Gasteiger partial charge in [-0.15, -0.1) is 0 Å². The fraction of sp³-hybridized carbons (Fsp3) is 0.903. The highest BCUT2D eigenvalue weighted by atomic mass is 79.9. The average Bonchev–Trinajstić information content (AvgIpc) is 3.16. The largest absolute Gasteiger partial charge is 0.446 e. The zero-order valence-electron chi connectivity index (χ0n) is 23.2. The first-order valence-corrected chi connectivity index (χ1v) is 16.0. The van der Waals surface area contributed by atoms with Crippen LogP contribution in [-0.2, 0) is 4.74 Å². The van der Waals surface area contributed by atoms with Crippen molar-refractivity contribution in [2.75, 3.05) is 11.9 Å². The van der Waals surface area contributed by atoms with E-state index in [1.807, 2.05) is 0 Å². The number of ether oxygens (including phenoxy) is 1. The van der Waals surface area contributed by atoms with Gasteiger partial charge in [0.15, 0.2) is 0 Å². The molecule has 3 nitrogen and oxygen atoms in total. The molecule has 4 rings (SSSR count). The van der Waals surface area contributed by atoms with Crippen LogP contribution in [0, 0.1) is 46.3 Å². The van der Waals surface area contributed by atoms with Gasteiger partial charge in [0.05, 0.1) is 0 Å². The summed E-state index contributed by atoms with van der Waals surface area (Å²) in [7, 11) is 0. The molecular weight excluding hydrogens is 498 g/mol. The number of hydrogen-bond acceptors (Lipinski definition) is 2. The van der Waals surface area contributed by atoms with E-state index in [0.29, 0.717) is 17.4 Å². The number of allylic oxidation sites excluding steroid dienone is 1. The second-order valence-electron chi connectivity index (χ2n) is 13.5. The van der Waals surface area contributed by atoms with E-state index in [0.717, 1.165) is 60.1 Å². The normalized spacial score (nSPS) is 39.3. The summed E-state index contributed by atoms with van der Waals surface area (Å²) in [5.41, 5.74) is 2.47. The van der Waals surface area contributed by atoms with Crippen LogP contribution < -0.4 is 5.32 Å². The van der Waals surface area contributed by atoms with E-state index in [1.165, 1.54) is 57.8 Å². The van der Waals surface area contributed by atoms with Gasteiger partial charge in [0.25, 0.3) is 0 Å². The number of alkyl halides is 1. The van der Waals surface area contributed by atoms with Gasteiger partial charge in [-0.1, -0.05) is 81.5 Å². The molecule has 0 radical (unpaired) electrons. The standard InChI is InChI=1S/C31H52BrNO2/c1-21(2)8-6-9-22(3)26-12-13-27-25-11-10-23-20-24(35-29(34)33-19-7-18-32)14-16-30(23,4)28(25)15-17-31(26,27)5/h10,21-22,24-28H,6-9,11-20H2,1-5H3,(H,33,34)/t22-,24?,25?,26-,27?,28?,30+,31-/m1/s1. The summed E-state index contributed by atoms with van der Waals surface area (Å²) in [4.78, 5) is 12.2. The van der Waals surface area contributed by atoms with E-state index in [-0.39, 0.29) is 12.2 Å². The van der Waals surface area contributed by atoms with Crippen LogP contribution in [0.5, 0.6) is 0 Å². The van der Waals surface area contributed by atoms with Crippen LogP contribution in [0.25, 0.3) is 0 Å². The Morgan fingerprint density at radius 3 is 2.63 bits per heavy atom. The van der Waals surface area contributed by atoms with Crippen molar-refractivity contribution in [3.05, 3.63) is 11.6 Å². The quantitative estimate of drug-likeness (QED) is 0.177. The highest BCUT2D eigenvalue weighted by Crippen LogP contribution is 2.67. The topological polar surface area (TPSA) is 38.3 Å². The van der Waals surface area contributed by atoms with Crippen molar-refractivity contribution < 1.29 is 9.53 Å². The van der Waals surface area contributed by atoms with E-state index in [9.17, 15) is 4.79 Å². The number of alkyl carbamates (subject to hydrolysis) is 1. The molecule has 0 aromatic carbocycles. The molecule has 3 saturated carbocycles. The molecule has 0 aromatic rings. The number of carbonyl (C=O) groups excluding carboxylic acids is 1. The van der Waals surface area contributed by atoms with Crippen molar-refractivity contribution in [3.8, 4) is 0 Å². The van der Waals surface area contributed by atoms with Gasteiger partial charge in [-0.3, -0.25) is 0 Å². The maximum absolute atomic E-state index is 12.2. The van der Waals surface area contributed by atoms with Crippen LogP contribution in [0.2, 0.25) is 0 Å². The van der Waals surface area contributed by atoms with Gasteiger partial charge in [0.2, 0.25) is 0 Å². The molecule has 4 aliphatic rings. The van der Waals surface area contributed by atoms with Gasteiger partial charge in [-0.2, -0.15) is 0 Å². The lowest BCUT2D eigenvalue weighted by Crippen LogP contribution is -2.51. The minimum Gasteiger partial charge on any atom is -0.446 e. The first-order valence-electron chi connectivity index (χ1n) is 14.9. The summed E-state index contributed by atoms with van der Waals surface area (Å²) in [6.45, 7) is 13.2. The molecule has 35 heavy (non-hydrogen) atoms. The van der Waals surface area contributed by atoms with Crippen LogP contribution >= 0.6 is 15.9 Å². The maximum Gasteiger partial charge on any atom is 0.407 e. The first kappa shape index (κ1) is 27.5. The van der Waals surface area contributed by atoms with Crippen LogP contribution in [-0.4, -0.2) is 24.1 Å². The number of fused-ring (bicyclic) bond motifs is 5. The van der Waals surface area contributed by atoms with Crippen molar-refractivity contribution in [1.82, 2.24) is 5.32 Å². The van der Waals surface area contributed by atoms with Gasteiger partial charge in [0.1, 0.15) is 6.10 Å². The van der Waals surface area contributed by atoms with E-state index < -0.39 is 0 Å². The number of rotatable bonds is 9. The number of nitrogens with one attached hydrogen (secondary N) is 1. The molecule has 8 atom stereocenters. The summed E-state index contributed by atoms with van der Waals surface area (Å²) in [6.07, 6.45) is 17.7. The highest BCUT2D eigenvalue weighted by molar-refractivity contribution is 9.09. The van der Waals surface area contributed by atoms with Crippen molar-refractivity contribution in [1.29, 1.82) is 0 Å². The molecule has 0 bridgehead atoms. The monoisotopic (exact) mass is 549 g/mol. The molecule has 4 heteroatoms. The number of halogens is 1. The summed E-state index contributed by atoms with van der Waals surface area (Å²) in [5, 5.41) is 3.81. The number of carbonyl (C=O) groups is 1. The van der Waals surface area contributed by atoms with Crippen LogP contribution in [0.1, 0.15) is 112 Å². The fourth-order valence-corrected chi connectivity index (χ4v) is 9.48. The molecule has 1 amide bonds. The molecule has 0 spiro atoms. The minimum atomic E-state index is -0.234. The lowest BCUT2D eigenvalue weighted by Gasteiger charge is -2.58. The number of hydrogen-bond donors (Lipinski definition) is 1. The van der Waals surface area contributed by atoms with Crippen molar-refractivity contribution in [3.63, 3.8) is 0 Å². The van der Waals surface area contributed by atoms with E-state index in [1.54, 1.807) is 5.57 Å². The average molecular weight is 551 g/mol. The van der Waals surface area contributed by atoms with Crippen molar-refractivity contribution >= 4 is 22.0 Å². The molecule has 0 aromatic heterocycles. The SMILES string of the molecule is CC(C)CCC[C@@H](C)[C@H]1CCC2C3CC=C4CC(OC(=O)NCCCBr)CC[C@]4(C)C3CC[C@@]21C. The molecule has 0 aliphatic heterocycles. The Morgan fingerprint density at radius 1 is 1.09 bits per heavy atom. The second kappa shape index (κ2) is 11.5. The molecule has 0 saturated heterocycles. The van der Waals surface area contributed by atoms with Gasteiger partial charge >= 0.3 is 6.09 Å². The molecule has 1 N–H and O–H groups in total. The molecule has 4 unspecified atom stereocenters. The van der Waals surface area contributed by atoms with Crippen LogP contribution in [0.4, 0.5) is 4.79 Å². The van der Waals surface area contributed by atoms with E-state index >= 15 is 0 Å². The molecular formula is C31H52BrNO2. The van der Waals surface area contributed by atoms with E-state index in [4.69, 9.17) is 4.74 Å². The minimum absolute atomic E-state index is 0.0475. The Balaban J connectivity index is 1.39. The Morgan fingerprint density at radius 2 is 1.89 bits per heavy atom. The Labute approximate surface area is 224 Å². The Hall–Kier alpha value is -0.510. The fourth-order valence-electron chi connectivity index (χ4n) is 9.20. The third-order valence-corrected chi connectivity index (χ3v) is 11.7. The van der Waals surface area contributed by atoms with Gasteiger partial charge in [-0.25, -0.2) is 4.79 Å². The lowest BCUT2D eigenvalue weighted by molar-refractivity contribution is -0.0581. The first-order chi connectivity index (χ1) is 16.7. The predicted molar refractivity (Wildman–Crippen MR) is 150 cm³/mol. The third-order valence-electron chi connectivity index (χ3n) is 11.1. The molecule has 200 valence electrons. The number of amides is 1. The van der Waals surface area contributed by atoms with Gasteiger partial charge in [0, 0.05) is 18.3 Å². The van der Waals surface area contributed by atoms with E-state index in [2.05, 4.69) is 61.9 Å². The summed E-state index contributed by atoms with van der Waals surface area (Å²) in [5.74, 6) is 5.22. The van der Waals surface area contributed by atoms with Gasteiger partial charge < -0.3 is 10.1 Å². The summed E-state index contributed by atoms with van der Waals surface area (Å²) >= 11 is 3.42. The van der Waals surface area contributed by atoms with Crippen molar-refractivity contribution in [2.45, 2.75) is 118 Å².